The topological polar surface area (TPSA) is 93.0 Å². The highest BCUT2D eigenvalue weighted by Gasteiger charge is 2.35. The molecule has 11 heavy (non-hydrogen) atoms. The van der Waals surface area contributed by atoms with Crippen LogP contribution in [0.15, 0.2) is 0 Å². The number of β-amino-alcohol motifs (C(OH)–C–C–N with tert-alkyl or cyclic N) is 1. The lowest BCUT2D eigenvalue weighted by atomic mass is 9.97. The summed E-state index contributed by atoms with van der Waals surface area (Å²) in [7, 11) is 0. The summed E-state index contributed by atoms with van der Waals surface area (Å²) in [5.41, 5.74) is 0. The first-order valence-corrected chi connectivity index (χ1v) is 3.55. The molecule has 0 bridgehead atoms. The van der Waals surface area contributed by atoms with Gasteiger partial charge in [0.25, 0.3) is 0 Å². The molecule has 0 aromatic rings. The average Bonchev–Trinajstić information content (AvgIpc) is 2.01. The second-order valence-corrected chi connectivity index (χ2v) is 2.75. The Morgan fingerprint density at radius 2 is 1.82 bits per heavy atom. The summed E-state index contributed by atoms with van der Waals surface area (Å²) in [4.78, 5) is 0. The van der Waals surface area contributed by atoms with Crippen molar-refractivity contribution >= 4 is 0 Å². The molecule has 0 aromatic carbocycles. The monoisotopic (exact) mass is 163 g/mol. The van der Waals surface area contributed by atoms with Crippen LogP contribution in [0.2, 0.25) is 0 Å². The highest BCUT2D eigenvalue weighted by Crippen LogP contribution is 2.09. The van der Waals surface area contributed by atoms with Gasteiger partial charge in [0.2, 0.25) is 0 Å². The predicted molar refractivity (Wildman–Crippen MR) is 36.9 cm³/mol. The van der Waals surface area contributed by atoms with E-state index < -0.39 is 24.4 Å². The van der Waals surface area contributed by atoms with Gasteiger partial charge in [-0.2, -0.15) is 0 Å². The molecule has 0 radical (unpaired) electrons. The van der Waals surface area contributed by atoms with Crippen LogP contribution in [-0.2, 0) is 0 Å². The molecule has 5 nitrogen and oxygen atoms in total. The molecule has 0 unspecified atom stereocenters. The third-order valence-electron chi connectivity index (χ3n) is 1.94. The van der Waals surface area contributed by atoms with Crippen molar-refractivity contribution in [3.05, 3.63) is 0 Å². The lowest BCUT2D eigenvalue weighted by Crippen LogP contribution is -2.60. The Bertz CT molecular complexity index is 130. The van der Waals surface area contributed by atoms with E-state index in [9.17, 15) is 5.11 Å². The molecular formula is C6H13NO4. The maximum atomic E-state index is 9.18. The van der Waals surface area contributed by atoms with E-state index in [-0.39, 0.29) is 13.2 Å². The van der Waals surface area contributed by atoms with Gasteiger partial charge in [-0.05, 0) is 0 Å². The van der Waals surface area contributed by atoms with Gasteiger partial charge in [-0.25, -0.2) is 0 Å². The fraction of sp³-hybridized carbons (Fsp3) is 1.00. The van der Waals surface area contributed by atoms with Crippen LogP contribution < -0.4 is 5.32 Å². The molecule has 5 heteroatoms. The summed E-state index contributed by atoms with van der Waals surface area (Å²) in [6.45, 7) is -0.0472. The van der Waals surface area contributed by atoms with E-state index in [2.05, 4.69) is 5.32 Å². The Morgan fingerprint density at radius 1 is 1.18 bits per heavy atom. The number of hydrogen-bond donors (Lipinski definition) is 5. The summed E-state index contributed by atoms with van der Waals surface area (Å²) in [5, 5.41) is 38.6. The minimum atomic E-state index is -1.16. The van der Waals surface area contributed by atoms with Crippen molar-refractivity contribution in [2.24, 2.45) is 0 Å². The summed E-state index contributed by atoms with van der Waals surface area (Å²) in [6, 6.07) is -0.534. The van der Waals surface area contributed by atoms with Crippen molar-refractivity contribution in [2.45, 2.75) is 24.4 Å². The molecule has 1 rings (SSSR count). The Balaban J connectivity index is 2.52. The zero-order valence-corrected chi connectivity index (χ0v) is 6.01. The molecule has 1 aliphatic heterocycles. The zero-order chi connectivity index (χ0) is 8.43. The zero-order valence-electron chi connectivity index (χ0n) is 6.01. The normalized spacial score (nSPS) is 45.8. The van der Waals surface area contributed by atoms with Gasteiger partial charge in [0.15, 0.2) is 0 Å². The van der Waals surface area contributed by atoms with Gasteiger partial charge in [0, 0.05) is 6.54 Å². The number of aliphatic hydroxyl groups is 4. The molecule has 0 aliphatic carbocycles. The van der Waals surface area contributed by atoms with Crippen molar-refractivity contribution < 1.29 is 20.4 Å². The first-order valence-electron chi connectivity index (χ1n) is 3.55. The van der Waals surface area contributed by atoms with Gasteiger partial charge in [0.1, 0.15) is 6.10 Å². The SMILES string of the molecule is OC[C@@H]1NC[C@H](O)[C@H](O)[C@@H]1O. The van der Waals surface area contributed by atoms with Gasteiger partial charge in [-0.15, -0.1) is 0 Å². The second kappa shape index (κ2) is 3.46. The second-order valence-electron chi connectivity index (χ2n) is 2.75. The Kier molecular flexibility index (Phi) is 2.80. The van der Waals surface area contributed by atoms with Gasteiger partial charge in [0.05, 0.1) is 24.9 Å². The van der Waals surface area contributed by atoms with Crippen LogP contribution >= 0.6 is 0 Å². The van der Waals surface area contributed by atoms with E-state index in [0.29, 0.717) is 0 Å². The van der Waals surface area contributed by atoms with E-state index >= 15 is 0 Å². The van der Waals surface area contributed by atoms with Crippen LogP contribution in [0, 0.1) is 0 Å². The molecule has 0 aromatic heterocycles. The minimum absolute atomic E-state index is 0.198. The Morgan fingerprint density at radius 3 is 2.36 bits per heavy atom. The van der Waals surface area contributed by atoms with Crippen LogP contribution in [0.4, 0.5) is 0 Å². The van der Waals surface area contributed by atoms with Gasteiger partial charge in [-0.3, -0.25) is 0 Å². The van der Waals surface area contributed by atoms with Gasteiger partial charge in [-0.1, -0.05) is 0 Å². The van der Waals surface area contributed by atoms with Crippen LogP contribution in [-0.4, -0.2) is 57.9 Å². The quantitative estimate of drug-likeness (QED) is 0.285. The van der Waals surface area contributed by atoms with E-state index in [4.69, 9.17) is 15.3 Å². The number of nitrogens with one attached hydrogen (secondary N) is 1. The smallest absolute Gasteiger partial charge is 0.109 e. The lowest BCUT2D eigenvalue weighted by Gasteiger charge is -2.34. The van der Waals surface area contributed by atoms with Crippen LogP contribution in [0.25, 0.3) is 0 Å². The fourth-order valence-corrected chi connectivity index (χ4v) is 1.15. The largest absolute Gasteiger partial charge is 0.395 e. The maximum Gasteiger partial charge on any atom is 0.109 e. The molecule has 66 valence electrons. The van der Waals surface area contributed by atoms with E-state index in [1.54, 1.807) is 0 Å². The summed E-state index contributed by atoms with van der Waals surface area (Å²) in [5.74, 6) is 0. The number of aliphatic hydroxyl groups excluding tert-OH is 4. The first-order chi connectivity index (χ1) is 5.16. The predicted octanol–water partition coefficient (Wildman–Crippen LogP) is -2.97. The highest BCUT2D eigenvalue weighted by molar-refractivity contribution is 4.91. The van der Waals surface area contributed by atoms with E-state index in [0.717, 1.165) is 0 Å². The molecule has 1 aliphatic rings. The maximum absolute atomic E-state index is 9.18. The molecule has 5 N–H and O–H groups in total. The van der Waals surface area contributed by atoms with Crippen LogP contribution in [0.5, 0.6) is 0 Å². The van der Waals surface area contributed by atoms with Crippen molar-refractivity contribution in [3.8, 4) is 0 Å². The third kappa shape index (κ3) is 1.69. The summed E-state index contributed by atoms with van der Waals surface area (Å²) >= 11 is 0. The average molecular weight is 163 g/mol. The van der Waals surface area contributed by atoms with Crippen molar-refractivity contribution in [1.82, 2.24) is 5.32 Å². The van der Waals surface area contributed by atoms with Gasteiger partial charge >= 0.3 is 0 Å². The number of hydrogen-bond acceptors (Lipinski definition) is 5. The van der Waals surface area contributed by atoms with Crippen LogP contribution in [0.1, 0.15) is 0 Å². The van der Waals surface area contributed by atoms with E-state index in [1.165, 1.54) is 0 Å². The van der Waals surface area contributed by atoms with Gasteiger partial charge < -0.3 is 25.7 Å². The molecule has 1 fully saturated rings. The highest BCUT2D eigenvalue weighted by atomic mass is 16.4. The molecule has 0 amide bonds. The van der Waals surface area contributed by atoms with E-state index in [1.807, 2.05) is 0 Å². The lowest BCUT2D eigenvalue weighted by molar-refractivity contribution is -0.101. The molecule has 0 spiro atoms. The van der Waals surface area contributed by atoms with Crippen molar-refractivity contribution in [1.29, 1.82) is 0 Å². The Hall–Kier alpha value is -0.200. The first kappa shape index (κ1) is 8.89. The molecule has 1 saturated heterocycles. The standard InChI is InChI=1S/C6H13NO4/c8-2-3-5(10)6(11)4(9)1-7-3/h3-11H,1-2H2/t3-,4-,5+,6-/m0/s1. The molecular weight excluding hydrogens is 150 g/mol. The molecule has 1 heterocycles. The molecule has 4 atom stereocenters. The summed E-state index contributed by atoms with van der Waals surface area (Å²) in [6.07, 6.45) is -3.20. The van der Waals surface area contributed by atoms with Crippen LogP contribution in [0.3, 0.4) is 0 Å². The van der Waals surface area contributed by atoms with Crippen molar-refractivity contribution in [2.75, 3.05) is 13.2 Å². The Labute approximate surface area is 64.3 Å². The minimum Gasteiger partial charge on any atom is -0.395 e. The third-order valence-corrected chi connectivity index (χ3v) is 1.94. The molecule has 0 saturated carbocycles. The number of rotatable bonds is 1. The van der Waals surface area contributed by atoms with Crippen molar-refractivity contribution in [3.63, 3.8) is 0 Å². The fourth-order valence-electron chi connectivity index (χ4n) is 1.15. The summed E-state index contributed by atoms with van der Waals surface area (Å²) < 4.78 is 0. The number of piperidine rings is 1.